The van der Waals surface area contributed by atoms with Gasteiger partial charge in [0.2, 0.25) is 15.9 Å². The van der Waals surface area contributed by atoms with Gasteiger partial charge in [0.05, 0.1) is 24.0 Å². The second-order valence-corrected chi connectivity index (χ2v) is 9.82. The van der Waals surface area contributed by atoms with Crippen molar-refractivity contribution < 1.29 is 17.9 Å². The van der Waals surface area contributed by atoms with Gasteiger partial charge in [-0.25, -0.2) is 13.4 Å². The fraction of sp³-hybridized carbons (Fsp3) is 0.154. The number of sulfonamides is 1. The highest BCUT2D eigenvalue weighted by molar-refractivity contribution is 7.92. The zero-order valence-electron chi connectivity index (χ0n) is 19.4. The maximum Gasteiger partial charge on any atom is 0.243 e. The van der Waals surface area contributed by atoms with Crippen LogP contribution >= 0.6 is 0 Å². The molecule has 3 aromatic carbocycles. The monoisotopic (exact) mass is 490 g/mol. The number of hydrogen-bond acceptors (Lipinski definition) is 5. The zero-order valence-corrected chi connectivity index (χ0v) is 20.2. The number of imidazole rings is 1. The van der Waals surface area contributed by atoms with Crippen LogP contribution in [0.25, 0.3) is 5.69 Å². The van der Waals surface area contributed by atoms with Gasteiger partial charge in [-0.15, -0.1) is 0 Å². The number of nitrogens with zero attached hydrogens (tertiary/aromatic N) is 3. The maximum absolute atomic E-state index is 13.0. The van der Waals surface area contributed by atoms with E-state index in [0.717, 1.165) is 21.8 Å². The highest BCUT2D eigenvalue weighted by atomic mass is 32.2. The SMILES string of the molecule is CC(C(=O)NCc1ccccc1-n1ccnc1)N(c1ccc(Oc2ccccc2)cc1)S(C)(=O)=O. The molecule has 0 fully saturated rings. The third-order valence-electron chi connectivity index (χ3n) is 5.39. The Balaban J connectivity index is 1.49. The van der Waals surface area contributed by atoms with Crippen molar-refractivity contribution in [3.8, 4) is 17.2 Å². The van der Waals surface area contributed by atoms with Crippen molar-refractivity contribution in [3.63, 3.8) is 0 Å². The summed E-state index contributed by atoms with van der Waals surface area (Å²) in [5, 5.41) is 2.86. The van der Waals surface area contributed by atoms with E-state index in [0.29, 0.717) is 17.2 Å². The molecule has 0 saturated heterocycles. The first-order valence-electron chi connectivity index (χ1n) is 11.0. The number of aromatic nitrogens is 2. The molecule has 180 valence electrons. The molecule has 1 heterocycles. The zero-order chi connectivity index (χ0) is 24.8. The highest BCUT2D eigenvalue weighted by Crippen LogP contribution is 2.27. The summed E-state index contributed by atoms with van der Waals surface area (Å²) in [6.07, 6.45) is 6.26. The van der Waals surface area contributed by atoms with E-state index < -0.39 is 22.0 Å². The average molecular weight is 491 g/mol. The summed E-state index contributed by atoms with van der Waals surface area (Å²) in [6.45, 7) is 1.80. The molecule has 8 nitrogen and oxygen atoms in total. The van der Waals surface area contributed by atoms with Gasteiger partial charge in [0.25, 0.3) is 0 Å². The molecule has 0 bridgehead atoms. The van der Waals surface area contributed by atoms with Crippen LogP contribution in [0.1, 0.15) is 12.5 Å². The third-order valence-corrected chi connectivity index (χ3v) is 6.63. The first-order valence-corrected chi connectivity index (χ1v) is 12.8. The molecule has 4 aromatic rings. The normalized spacial score (nSPS) is 12.1. The number of carbonyl (C=O) groups is 1. The van der Waals surface area contributed by atoms with E-state index in [4.69, 9.17) is 4.74 Å². The Morgan fingerprint density at radius 2 is 1.66 bits per heavy atom. The van der Waals surface area contributed by atoms with E-state index in [-0.39, 0.29) is 6.54 Å². The Bertz CT molecular complexity index is 1370. The Morgan fingerprint density at radius 1 is 1.00 bits per heavy atom. The molecule has 1 unspecified atom stereocenters. The largest absolute Gasteiger partial charge is 0.457 e. The van der Waals surface area contributed by atoms with E-state index in [9.17, 15) is 13.2 Å². The first kappa shape index (κ1) is 24.0. The summed E-state index contributed by atoms with van der Waals surface area (Å²) >= 11 is 0. The molecule has 0 aliphatic rings. The van der Waals surface area contributed by atoms with E-state index in [1.54, 1.807) is 43.7 Å². The van der Waals surface area contributed by atoms with Gasteiger partial charge in [0.1, 0.15) is 17.5 Å². The minimum Gasteiger partial charge on any atom is -0.457 e. The second kappa shape index (κ2) is 10.4. The molecule has 4 rings (SSSR count). The van der Waals surface area contributed by atoms with Crippen molar-refractivity contribution in [1.82, 2.24) is 14.9 Å². The predicted octanol–water partition coefficient (Wildman–Crippen LogP) is 4.14. The van der Waals surface area contributed by atoms with Gasteiger partial charge in [-0.3, -0.25) is 9.10 Å². The minimum atomic E-state index is -3.74. The second-order valence-electron chi connectivity index (χ2n) is 7.96. The number of ether oxygens (including phenoxy) is 1. The molecule has 0 aliphatic heterocycles. The van der Waals surface area contributed by atoms with Crippen LogP contribution in [0.3, 0.4) is 0 Å². The van der Waals surface area contributed by atoms with Gasteiger partial charge >= 0.3 is 0 Å². The van der Waals surface area contributed by atoms with Crippen LogP contribution in [0, 0.1) is 0 Å². The van der Waals surface area contributed by atoms with Crippen LogP contribution in [0.15, 0.2) is 97.6 Å². The lowest BCUT2D eigenvalue weighted by atomic mass is 10.1. The van der Waals surface area contributed by atoms with E-state index >= 15 is 0 Å². The molecule has 0 saturated carbocycles. The maximum atomic E-state index is 13.0. The Morgan fingerprint density at radius 3 is 2.31 bits per heavy atom. The Kier molecular flexibility index (Phi) is 7.17. The molecule has 1 amide bonds. The molecule has 1 N–H and O–H groups in total. The van der Waals surface area contributed by atoms with Gasteiger partial charge < -0.3 is 14.6 Å². The van der Waals surface area contributed by atoms with Crippen molar-refractivity contribution >= 4 is 21.6 Å². The van der Waals surface area contributed by atoms with Crippen molar-refractivity contribution in [2.75, 3.05) is 10.6 Å². The number of nitrogens with one attached hydrogen (secondary N) is 1. The molecule has 1 aromatic heterocycles. The van der Waals surface area contributed by atoms with Crippen molar-refractivity contribution in [2.24, 2.45) is 0 Å². The fourth-order valence-electron chi connectivity index (χ4n) is 3.74. The number of carbonyl (C=O) groups excluding carboxylic acids is 1. The van der Waals surface area contributed by atoms with E-state index in [2.05, 4.69) is 10.3 Å². The predicted molar refractivity (Wildman–Crippen MR) is 135 cm³/mol. The lowest BCUT2D eigenvalue weighted by Crippen LogP contribution is -2.47. The summed E-state index contributed by atoms with van der Waals surface area (Å²) in [4.78, 5) is 17.1. The average Bonchev–Trinajstić information content (AvgIpc) is 3.38. The van der Waals surface area contributed by atoms with E-state index in [1.165, 1.54) is 0 Å². The van der Waals surface area contributed by atoms with E-state index in [1.807, 2.05) is 65.4 Å². The lowest BCUT2D eigenvalue weighted by molar-refractivity contribution is -0.122. The topological polar surface area (TPSA) is 93.5 Å². The summed E-state index contributed by atoms with van der Waals surface area (Å²) in [5.41, 5.74) is 2.13. The molecular weight excluding hydrogens is 464 g/mol. The van der Waals surface area contributed by atoms with Gasteiger partial charge in [-0.1, -0.05) is 36.4 Å². The van der Waals surface area contributed by atoms with Crippen LogP contribution in [0.4, 0.5) is 5.69 Å². The third kappa shape index (κ3) is 5.88. The smallest absolute Gasteiger partial charge is 0.243 e. The Hall–Kier alpha value is -4.11. The molecule has 35 heavy (non-hydrogen) atoms. The Labute approximate surface area is 204 Å². The molecule has 0 radical (unpaired) electrons. The summed E-state index contributed by atoms with van der Waals surface area (Å²) in [6, 6.07) is 22.5. The minimum absolute atomic E-state index is 0.235. The molecule has 9 heteroatoms. The number of benzene rings is 3. The number of rotatable bonds is 9. The molecule has 0 aliphatic carbocycles. The number of amides is 1. The quantitative estimate of drug-likeness (QED) is 0.381. The van der Waals surface area contributed by atoms with Crippen LogP contribution in [-0.4, -0.2) is 36.2 Å². The number of hydrogen-bond donors (Lipinski definition) is 1. The fourth-order valence-corrected chi connectivity index (χ4v) is 4.91. The lowest BCUT2D eigenvalue weighted by Gasteiger charge is -2.28. The molecule has 1 atom stereocenters. The van der Waals surface area contributed by atoms with Gasteiger partial charge in [-0.05, 0) is 55.0 Å². The highest BCUT2D eigenvalue weighted by Gasteiger charge is 2.29. The first-order chi connectivity index (χ1) is 16.8. The summed E-state index contributed by atoms with van der Waals surface area (Å²) < 4.78 is 34.0. The van der Waals surface area contributed by atoms with Gasteiger partial charge in [0, 0.05) is 18.9 Å². The summed E-state index contributed by atoms with van der Waals surface area (Å²) in [5.74, 6) is 0.811. The number of para-hydroxylation sites is 2. The van der Waals surface area contributed by atoms with Crippen molar-refractivity contribution in [1.29, 1.82) is 0 Å². The van der Waals surface area contributed by atoms with Crippen molar-refractivity contribution in [2.45, 2.75) is 19.5 Å². The standard InChI is InChI=1S/C26H26N4O4S/c1-20(26(31)28-18-21-8-6-7-11-25(21)29-17-16-27-19-29)30(35(2,32)33)22-12-14-24(15-13-22)34-23-9-4-3-5-10-23/h3-17,19-20H,18H2,1-2H3,(H,28,31). The van der Waals surface area contributed by atoms with Gasteiger partial charge in [0.15, 0.2) is 0 Å². The molecule has 0 spiro atoms. The van der Waals surface area contributed by atoms with Gasteiger partial charge in [-0.2, -0.15) is 0 Å². The van der Waals surface area contributed by atoms with Crippen LogP contribution in [0.2, 0.25) is 0 Å². The van der Waals surface area contributed by atoms with Crippen molar-refractivity contribution in [3.05, 3.63) is 103 Å². The van der Waals surface area contributed by atoms with Crippen LogP contribution in [0.5, 0.6) is 11.5 Å². The summed E-state index contributed by atoms with van der Waals surface area (Å²) in [7, 11) is -3.74. The van der Waals surface area contributed by atoms with Crippen LogP contribution in [-0.2, 0) is 21.4 Å². The number of anilines is 1. The van der Waals surface area contributed by atoms with Crippen LogP contribution < -0.4 is 14.4 Å². The molecular formula is C26H26N4O4S.